The number of methoxy groups -OCH3 is 1. The predicted octanol–water partition coefficient (Wildman–Crippen LogP) is 3.13. The molecule has 0 fully saturated rings. The van der Waals surface area contributed by atoms with Crippen LogP contribution in [-0.4, -0.2) is 12.9 Å². The fourth-order valence-electron chi connectivity index (χ4n) is 2.09. The van der Waals surface area contributed by atoms with Gasteiger partial charge in [-0.1, -0.05) is 11.6 Å². The summed E-state index contributed by atoms with van der Waals surface area (Å²) < 4.78 is 5.26. The summed E-state index contributed by atoms with van der Waals surface area (Å²) in [7, 11) is 1.57. The molecule has 0 heterocycles. The molecule has 0 aliphatic heterocycles. The van der Waals surface area contributed by atoms with Gasteiger partial charge in [-0.05, 0) is 49.7 Å². The van der Waals surface area contributed by atoms with Crippen LogP contribution in [-0.2, 0) is 0 Å². The first-order chi connectivity index (χ1) is 9.02. The van der Waals surface area contributed by atoms with Crippen molar-refractivity contribution < 1.29 is 9.53 Å². The van der Waals surface area contributed by atoms with E-state index in [2.05, 4.69) is 0 Å². The van der Waals surface area contributed by atoms with E-state index in [-0.39, 0.29) is 5.78 Å². The van der Waals surface area contributed by atoms with E-state index in [0.717, 1.165) is 11.1 Å². The van der Waals surface area contributed by atoms with Crippen molar-refractivity contribution in [3.05, 3.63) is 58.7 Å². The molecule has 3 nitrogen and oxygen atoms in total. The summed E-state index contributed by atoms with van der Waals surface area (Å²) in [5.74, 6) is 0.546. The van der Waals surface area contributed by atoms with Crippen molar-refractivity contribution in [2.45, 2.75) is 13.8 Å². The number of hydrogen-bond acceptors (Lipinski definition) is 3. The Morgan fingerprint density at radius 2 is 1.79 bits per heavy atom. The van der Waals surface area contributed by atoms with Gasteiger partial charge in [-0.3, -0.25) is 4.79 Å². The van der Waals surface area contributed by atoms with E-state index in [4.69, 9.17) is 10.5 Å². The summed E-state index contributed by atoms with van der Waals surface area (Å²) in [4.78, 5) is 12.6. The van der Waals surface area contributed by atoms with Crippen molar-refractivity contribution >= 4 is 11.5 Å². The first-order valence-electron chi connectivity index (χ1n) is 6.08. The van der Waals surface area contributed by atoms with Gasteiger partial charge in [-0.2, -0.15) is 0 Å². The summed E-state index contributed by atoms with van der Waals surface area (Å²) in [5.41, 5.74) is 9.49. The van der Waals surface area contributed by atoms with Crippen molar-refractivity contribution in [1.29, 1.82) is 0 Å². The second-order valence-electron chi connectivity index (χ2n) is 4.61. The number of benzene rings is 2. The predicted molar refractivity (Wildman–Crippen MR) is 76.8 cm³/mol. The van der Waals surface area contributed by atoms with E-state index in [1.807, 2.05) is 32.0 Å². The summed E-state index contributed by atoms with van der Waals surface area (Å²) in [6, 6.07) is 10.9. The van der Waals surface area contributed by atoms with Crippen molar-refractivity contribution in [3.63, 3.8) is 0 Å². The molecule has 0 aromatic heterocycles. The molecule has 2 aromatic carbocycles. The average molecular weight is 255 g/mol. The fourth-order valence-corrected chi connectivity index (χ4v) is 2.09. The van der Waals surface area contributed by atoms with Gasteiger partial charge in [-0.15, -0.1) is 0 Å². The number of aryl methyl sites for hydroxylation is 2. The van der Waals surface area contributed by atoms with E-state index in [0.29, 0.717) is 22.6 Å². The minimum absolute atomic E-state index is 0.0435. The number of hydrogen-bond donors (Lipinski definition) is 1. The molecule has 2 rings (SSSR count). The first-order valence-corrected chi connectivity index (χ1v) is 6.08. The molecule has 0 radical (unpaired) electrons. The molecule has 0 bridgehead atoms. The Morgan fingerprint density at radius 1 is 1.05 bits per heavy atom. The Morgan fingerprint density at radius 3 is 2.42 bits per heavy atom. The van der Waals surface area contributed by atoms with Gasteiger partial charge in [0.2, 0.25) is 0 Å². The van der Waals surface area contributed by atoms with Crippen LogP contribution in [0.4, 0.5) is 5.69 Å². The quantitative estimate of drug-likeness (QED) is 0.677. The van der Waals surface area contributed by atoms with Gasteiger partial charge in [0.1, 0.15) is 5.75 Å². The highest BCUT2D eigenvalue weighted by atomic mass is 16.5. The number of carbonyl (C=O) groups excluding carboxylic acids is 1. The minimum atomic E-state index is -0.0435. The molecule has 0 spiro atoms. The van der Waals surface area contributed by atoms with Gasteiger partial charge in [0.05, 0.1) is 12.7 Å². The Hall–Kier alpha value is -2.29. The highest BCUT2D eigenvalue weighted by molar-refractivity contribution is 6.11. The minimum Gasteiger partial charge on any atom is -0.496 e. The monoisotopic (exact) mass is 255 g/mol. The number of ketones is 1. The molecule has 19 heavy (non-hydrogen) atoms. The third-order valence-corrected chi connectivity index (χ3v) is 3.09. The van der Waals surface area contributed by atoms with E-state index < -0.39 is 0 Å². The zero-order valence-electron chi connectivity index (χ0n) is 11.4. The van der Waals surface area contributed by atoms with Crippen molar-refractivity contribution in [3.8, 4) is 5.75 Å². The average Bonchev–Trinajstić information content (AvgIpc) is 2.38. The van der Waals surface area contributed by atoms with Crippen LogP contribution in [0.5, 0.6) is 5.75 Å². The number of carbonyl (C=O) groups is 1. The molecule has 3 heteroatoms. The van der Waals surface area contributed by atoms with Crippen LogP contribution in [0.15, 0.2) is 36.4 Å². The second kappa shape index (κ2) is 5.14. The van der Waals surface area contributed by atoms with Crippen LogP contribution in [0, 0.1) is 13.8 Å². The maximum absolute atomic E-state index is 12.6. The normalized spacial score (nSPS) is 10.3. The summed E-state index contributed by atoms with van der Waals surface area (Å²) in [6.45, 7) is 3.83. The summed E-state index contributed by atoms with van der Waals surface area (Å²) in [6.07, 6.45) is 0. The van der Waals surface area contributed by atoms with E-state index in [1.165, 1.54) is 0 Å². The van der Waals surface area contributed by atoms with Crippen LogP contribution >= 0.6 is 0 Å². The molecule has 2 N–H and O–H groups in total. The van der Waals surface area contributed by atoms with Gasteiger partial charge in [0, 0.05) is 11.3 Å². The smallest absolute Gasteiger partial charge is 0.197 e. The Balaban J connectivity index is 2.52. The molecular weight excluding hydrogens is 238 g/mol. The molecule has 2 aromatic rings. The summed E-state index contributed by atoms with van der Waals surface area (Å²) >= 11 is 0. The van der Waals surface area contributed by atoms with Gasteiger partial charge in [0.15, 0.2) is 5.78 Å². The first kappa shape index (κ1) is 13.1. The third-order valence-electron chi connectivity index (χ3n) is 3.09. The van der Waals surface area contributed by atoms with Crippen LogP contribution in [0.3, 0.4) is 0 Å². The number of nitrogens with two attached hydrogens (primary N) is 1. The highest BCUT2D eigenvalue weighted by Gasteiger charge is 2.16. The number of nitrogen functional groups attached to an aromatic ring is 1. The van der Waals surface area contributed by atoms with Crippen LogP contribution < -0.4 is 10.5 Å². The molecule has 0 saturated heterocycles. The number of rotatable bonds is 3. The molecule has 0 unspecified atom stereocenters. The SMILES string of the molecule is COc1ccc(C)cc1C(=O)c1ccc(N)cc1C. The van der Waals surface area contributed by atoms with E-state index in [9.17, 15) is 4.79 Å². The zero-order chi connectivity index (χ0) is 14.0. The van der Waals surface area contributed by atoms with Crippen molar-refractivity contribution in [2.75, 3.05) is 12.8 Å². The third kappa shape index (κ3) is 2.60. The lowest BCUT2D eigenvalue weighted by Crippen LogP contribution is -2.06. The van der Waals surface area contributed by atoms with Crippen molar-refractivity contribution in [2.24, 2.45) is 0 Å². The standard InChI is InChI=1S/C16H17NO2/c1-10-4-7-15(19-3)14(8-10)16(18)13-6-5-12(17)9-11(13)2/h4-9H,17H2,1-3H3. The van der Waals surface area contributed by atoms with Crippen LogP contribution in [0.25, 0.3) is 0 Å². The number of anilines is 1. The maximum Gasteiger partial charge on any atom is 0.197 e. The largest absolute Gasteiger partial charge is 0.496 e. The lowest BCUT2D eigenvalue weighted by atomic mass is 9.97. The fraction of sp³-hybridized carbons (Fsp3) is 0.188. The second-order valence-corrected chi connectivity index (χ2v) is 4.61. The van der Waals surface area contributed by atoms with Gasteiger partial charge >= 0.3 is 0 Å². The molecule has 0 aliphatic carbocycles. The maximum atomic E-state index is 12.6. The van der Waals surface area contributed by atoms with E-state index in [1.54, 1.807) is 25.3 Å². The Bertz CT molecular complexity index is 633. The molecule has 0 atom stereocenters. The van der Waals surface area contributed by atoms with Crippen LogP contribution in [0.1, 0.15) is 27.0 Å². The van der Waals surface area contributed by atoms with Gasteiger partial charge < -0.3 is 10.5 Å². The molecular formula is C16H17NO2. The summed E-state index contributed by atoms with van der Waals surface area (Å²) in [5, 5.41) is 0. The van der Waals surface area contributed by atoms with E-state index >= 15 is 0 Å². The Labute approximate surface area is 113 Å². The molecule has 0 saturated carbocycles. The molecule has 0 amide bonds. The lowest BCUT2D eigenvalue weighted by molar-refractivity contribution is 0.103. The number of ether oxygens (including phenoxy) is 1. The zero-order valence-corrected chi connectivity index (χ0v) is 11.4. The molecule has 0 aliphatic rings. The Kier molecular flexibility index (Phi) is 3.56. The lowest BCUT2D eigenvalue weighted by Gasteiger charge is -2.10. The van der Waals surface area contributed by atoms with Gasteiger partial charge in [0.25, 0.3) is 0 Å². The topological polar surface area (TPSA) is 52.3 Å². The van der Waals surface area contributed by atoms with Gasteiger partial charge in [-0.25, -0.2) is 0 Å². The highest BCUT2D eigenvalue weighted by Crippen LogP contribution is 2.24. The van der Waals surface area contributed by atoms with Crippen LogP contribution in [0.2, 0.25) is 0 Å². The molecule has 98 valence electrons. The van der Waals surface area contributed by atoms with Crippen molar-refractivity contribution in [1.82, 2.24) is 0 Å².